The van der Waals surface area contributed by atoms with Gasteiger partial charge in [0.2, 0.25) is 0 Å². The summed E-state index contributed by atoms with van der Waals surface area (Å²) in [4.78, 5) is 4.09. The molecule has 2 saturated carbocycles. The van der Waals surface area contributed by atoms with Crippen LogP contribution in [0.1, 0.15) is 69.9 Å². The Kier molecular flexibility index (Phi) is 3.88. The SMILES string of the molecule is C[C@@H](NC1CCC2(CCCC2)CC1)c1ccncc1. The van der Waals surface area contributed by atoms with Gasteiger partial charge in [-0.25, -0.2) is 0 Å². The Bertz CT molecular complexity index is 385. The Morgan fingerprint density at radius 1 is 1.11 bits per heavy atom. The zero-order chi connectivity index (χ0) is 13.1. The van der Waals surface area contributed by atoms with Crippen molar-refractivity contribution < 1.29 is 0 Å². The van der Waals surface area contributed by atoms with Crippen LogP contribution in [0.5, 0.6) is 0 Å². The van der Waals surface area contributed by atoms with Crippen molar-refractivity contribution in [1.82, 2.24) is 10.3 Å². The molecule has 0 amide bonds. The van der Waals surface area contributed by atoms with Gasteiger partial charge in [0, 0.05) is 24.5 Å². The number of rotatable bonds is 3. The molecule has 1 atom stereocenters. The Morgan fingerprint density at radius 3 is 2.37 bits per heavy atom. The number of nitrogens with zero attached hydrogens (tertiary/aromatic N) is 1. The number of aromatic nitrogens is 1. The van der Waals surface area contributed by atoms with Crippen LogP contribution in [0, 0.1) is 5.41 Å². The molecule has 1 aromatic rings. The van der Waals surface area contributed by atoms with Gasteiger partial charge < -0.3 is 5.32 Å². The van der Waals surface area contributed by atoms with Crippen molar-refractivity contribution in [2.24, 2.45) is 5.41 Å². The topological polar surface area (TPSA) is 24.9 Å². The highest BCUT2D eigenvalue weighted by atomic mass is 14.9. The third-order valence-corrected chi connectivity index (χ3v) is 5.40. The molecule has 0 aliphatic heterocycles. The molecule has 0 bridgehead atoms. The predicted molar refractivity (Wildman–Crippen MR) is 78.9 cm³/mol. The van der Waals surface area contributed by atoms with E-state index in [1.807, 2.05) is 12.4 Å². The summed E-state index contributed by atoms with van der Waals surface area (Å²) in [7, 11) is 0. The minimum atomic E-state index is 0.450. The van der Waals surface area contributed by atoms with Gasteiger partial charge >= 0.3 is 0 Å². The van der Waals surface area contributed by atoms with Gasteiger partial charge in [0.1, 0.15) is 0 Å². The van der Waals surface area contributed by atoms with E-state index in [9.17, 15) is 0 Å². The largest absolute Gasteiger partial charge is 0.307 e. The first-order chi connectivity index (χ1) is 9.27. The van der Waals surface area contributed by atoms with Crippen LogP contribution in [-0.4, -0.2) is 11.0 Å². The maximum absolute atomic E-state index is 4.09. The van der Waals surface area contributed by atoms with Crippen molar-refractivity contribution in [3.05, 3.63) is 30.1 Å². The molecule has 104 valence electrons. The van der Waals surface area contributed by atoms with Crippen LogP contribution in [0.4, 0.5) is 0 Å². The van der Waals surface area contributed by atoms with Crippen LogP contribution < -0.4 is 5.32 Å². The zero-order valence-electron chi connectivity index (χ0n) is 12.1. The van der Waals surface area contributed by atoms with Crippen molar-refractivity contribution in [2.75, 3.05) is 0 Å². The lowest BCUT2D eigenvalue weighted by Crippen LogP contribution is -2.37. The molecule has 0 unspecified atom stereocenters. The second kappa shape index (κ2) is 5.62. The van der Waals surface area contributed by atoms with Crippen molar-refractivity contribution >= 4 is 0 Å². The van der Waals surface area contributed by atoms with Crippen molar-refractivity contribution in [3.63, 3.8) is 0 Å². The Labute approximate surface area is 117 Å². The van der Waals surface area contributed by atoms with Crippen molar-refractivity contribution in [2.45, 2.75) is 70.4 Å². The van der Waals surface area contributed by atoms with E-state index in [4.69, 9.17) is 0 Å². The fourth-order valence-electron chi connectivity index (χ4n) is 4.12. The predicted octanol–water partition coefficient (Wildman–Crippen LogP) is 4.24. The van der Waals surface area contributed by atoms with E-state index in [-0.39, 0.29) is 0 Å². The van der Waals surface area contributed by atoms with Crippen LogP contribution in [-0.2, 0) is 0 Å². The van der Waals surface area contributed by atoms with Crippen molar-refractivity contribution in [1.29, 1.82) is 0 Å². The summed E-state index contributed by atoms with van der Waals surface area (Å²) in [5, 5.41) is 3.81. The lowest BCUT2D eigenvalue weighted by Gasteiger charge is -2.38. The molecule has 3 rings (SSSR count). The average molecular weight is 258 g/mol. The highest BCUT2D eigenvalue weighted by molar-refractivity contribution is 5.14. The molecule has 2 nitrogen and oxygen atoms in total. The third-order valence-electron chi connectivity index (χ3n) is 5.40. The monoisotopic (exact) mass is 258 g/mol. The first-order valence-electron chi connectivity index (χ1n) is 7.93. The summed E-state index contributed by atoms with van der Waals surface area (Å²) in [5.74, 6) is 0. The summed E-state index contributed by atoms with van der Waals surface area (Å²) in [6.07, 6.45) is 15.4. The molecule has 2 aliphatic carbocycles. The van der Waals surface area contributed by atoms with Gasteiger partial charge in [0.05, 0.1) is 0 Å². The van der Waals surface area contributed by atoms with Gasteiger partial charge in [0.15, 0.2) is 0 Å². The molecule has 2 aliphatic rings. The number of hydrogen-bond acceptors (Lipinski definition) is 2. The Balaban J connectivity index is 1.52. The summed E-state index contributed by atoms with van der Waals surface area (Å²) in [6, 6.07) is 5.41. The fraction of sp³-hybridized carbons (Fsp3) is 0.706. The average Bonchev–Trinajstić information content (AvgIpc) is 2.91. The molecule has 0 aromatic carbocycles. The molecule has 19 heavy (non-hydrogen) atoms. The summed E-state index contributed by atoms with van der Waals surface area (Å²) >= 11 is 0. The molecule has 0 saturated heterocycles. The molecule has 1 aromatic heterocycles. The molecule has 1 spiro atoms. The first kappa shape index (κ1) is 13.1. The quantitative estimate of drug-likeness (QED) is 0.877. The van der Waals surface area contributed by atoms with Crippen molar-refractivity contribution in [3.8, 4) is 0 Å². The van der Waals surface area contributed by atoms with Gasteiger partial charge in [-0.15, -0.1) is 0 Å². The highest BCUT2D eigenvalue weighted by Crippen LogP contribution is 2.49. The normalized spacial score (nSPS) is 24.7. The number of pyridine rings is 1. The summed E-state index contributed by atoms with van der Waals surface area (Å²) in [5.41, 5.74) is 2.11. The standard InChI is InChI=1S/C17H26N2/c1-14(15-6-12-18-13-7-15)19-16-4-10-17(11-5-16)8-2-3-9-17/h6-7,12-14,16,19H,2-5,8-11H2,1H3/t14-/m1/s1. The van der Waals surface area contributed by atoms with Gasteiger partial charge in [-0.05, 0) is 68.6 Å². The lowest BCUT2D eigenvalue weighted by molar-refractivity contribution is 0.164. The highest BCUT2D eigenvalue weighted by Gasteiger charge is 2.37. The number of nitrogens with one attached hydrogen (secondary N) is 1. The lowest BCUT2D eigenvalue weighted by atomic mass is 9.71. The van der Waals surface area contributed by atoms with E-state index in [0.717, 1.165) is 11.5 Å². The van der Waals surface area contributed by atoms with Gasteiger partial charge in [-0.3, -0.25) is 4.98 Å². The van der Waals surface area contributed by atoms with E-state index in [1.165, 1.54) is 56.9 Å². The first-order valence-corrected chi connectivity index (χ1v) is 7.93. The smallest absolute Gasteiger partial charge is 0.0295 e. The summed E-state index contributed by atoms with van der Waals surface area (Å²) in [6.45, 7) is 2.27. The fourth-order valence-corrected chi connectivity index (χ4v) is 4.12. The van der Waals surface area contributed by atoms with Gasteiger partial charge in [-0.1, -0.05) is 12.8 Å². The van der Waals surface area contributed by atoms with Gasteiger partial charge in [-0.2, -0.15) is 0 Å². The molecule has 2 fully saturated rings. The van der Waals surface area contributed by atoms with Gasteiger partial charge in [0.25, 0.3) is 0 Å². The molecule has 1 N–H and O–H groups in total. The molecular formula is C17H26N2. The van der Waals surface area contributed by atoms with Crippen LogP contribution in [0.2, 0.25) is 0 Å². The summed E-state index contributed by atoms with van der Waals surface area (Å²) < 4.78 is 0. The van der Waals surface area contributed by atoms with Crippen LogP contribution >= 0.6 is 0 Å². The van der Waals surface area contributed by atoms with Crippen LogP contribution in [0.25, 0.3) is 0 Å². The molecule has 1 heterocycles. The van der Waals surface area contributed by atoms with Crippen LogP contribution in [0.3, 0.4) is 0 Å². The second-order valence-electron chi connectivity index (χ2n) is 6.65. The van der Waals surface area contributed by atoms with E-state index in [0.29, 0.717) is 6.04 Å². The minimum Gasteiger partial charge on any atom is -0.307 e. The zero-order valence-corrected chi connectivity index (χ0v) is 12.1. The molecular weight excluding hydrogens is 232 g/mol. The Hall–Kier alpha value is -0.890. The van der Waals surface area contributed by atoms with E-state index < -0.39 is 0 Å². The Morgan fingerprint density at radius 2 is 1.74 bits per heavy atom. The molecule has 2 heteroatoms. The third kappa shape index (κ3) is 3.00. The minimum absolute atomic E-state index is 0.450. The van der Waals surface area contributed by atoms with E-state index in [1.54, 1.807) is 0 Å². The maximum Gasteiger partial charge on any atom is 0.0295 e. The van der Waals surface area contributed by atoms with E-state index >= 15 is 0 Å². The second-order valence-corrected chi connectivity index (χ2v) is 6.65. The number of hydrogen-bond donors (Lipinski definition) is 1. The van der Waals surface area contributed by atoms with E-state index in [2.05, 4.69) is 29.4 Å². The maximum atomic E-state index is 4.09. The van der Waals surface area contributed by atoms with Crippen LogP contribution in [0.15, 0.2) is 24.5 Å². The molecule has 0 radical (unpaired) electrons.